The zero-order valence-electron chi connectivity index (χ0n) is 10.4. The fourth-order valence-electron chi connectivity index (χ4n) is 1.41. The van der Waals surface area contributed by atoms with Crippen molar-refractivity contribution in [3.63, 3.8) is 0 Å². The van der Waals surface area contributed by atoms with Crippen molar-refractivity contribution < 1.29 is 0 Å². The van der Waals surface area contributed by atoms with Gasteiger partial charge in [0.25, 0.3) is 0 Å². The molecule has 0 saturated carbocycles. The highest BCUT2D eigenvalue weighted by Gasteiger charge is 2.16. The molecule has 0 heterocycles. The molecule has 15 heavy (non-hydrogen) atoms. The predicted molar refractivity (Wildman–Crippen MR) is 66.9 cm³/mol. The van der Waals surface area contributed by atoms with E-state index in [0.717, 1.165) is 6.54 Å². The van der Waals surface area contributed by atoms with Gasteiger partial charge in [-0.05, 0) is 24.3 Å². The van der Waals surface area contributed by atoms with Gasteiger partial charge in [0.15, 0.2) is 0 Å². The average Bonchev–Trinajstić information content (AvgIpc) is 2.27. The van der Waals surface area contributed by atoms with E-state index in [2.05, 4.69) is 63.3 Å². The second-order valence-corrected chi connectivity index (χ2v) is 5.03. The van der Waals surface area contributed by atoms with Gasteiger partial charge in [0.05, 0.1) is 0 Å². The molecule has 1 unspecified atom stereocenters. The molecule has 0 radical (unpaired) electrons. The van der Waals surface area contributed by atoms with Crippen LogP contribution in [0, 0.1) is 5.41 Å². The molecule has 1 rings (SSSR count). The van der Waals surface area contributed by atoms with E-state index in [4.69, 9.17) is 0 Å². The van der Waals surface area contributed by atoms with Crippen LogP contribution in [0.1, 0.15) is 45.7 Å². The van der Waals surface area contributed by atoms with Crippen molar-refractivity contribution in [1.82, 2.24) is 5.32 Å². The van der Waals surface area contributed by atoms with E-state index >= 15 is 0 Å². The number of rotatable bonds is 5. The molecule has 0 bridgehead atoms. The van der Waals surface area contributed by atoms with Gasteiger partial charge < -0.3 is 5.32 Å². The summed E-state index contributed by atoms with van der Waals surface area (Å²) >= 11 is 0. The second kappa shape index (κ2) is 5.32. The van der Waals surface area contributed by atoms with Crippen molar-refractivity contribution in [2.45, 2.75) is 40.2 Å². The van der Waals surface area contributed by atoms with Crippen molar-refractivity contribution in [3.05, 3.63) is 35.9 Å². The number of hydrogen-bond acceptors (Lipinski definition) is 1. The summed E-state index contributed by atoms with van der Waals surface area (Å²) in [4.78, 5) is 0. The molecule has 0 aliphatic heterocycles. The van der Waals surface area contributed by atoms with Gasteiger partial charge in [-0.15, -0.1) is 0 Å². The number of hydrogen-bond donors (Lipinski definition) is 1. The molecule has 0 spiro atoms. The van der Waals surface area contributed by atoms with Crippen LogP contribution in [0.25, 0.3) is 0 Å². The molecule has 0 saturated heterocycles. The molecule has 1 aromatic carbocycles. The Morgan fingerprint density at radius 1 is 1.20 bits per heavy atom. The van der Waals surface area contributed by atoms with E-state index in [9.17, 15) is 0 Å². The van der Waals surface area contributed by atoms with Gasteiger partial charge in [-0.3, -0.25) is 0 Å². The van der Waals surface area contributed by atoms with Gasteiger partial charge >= 0.3 is 0 Å². The minimum atomic E-state index is 0.392. The third-order valence-corrected chi connectivity index (χ3v) is 3.14. The van der Waals surface area contributed by atoms with Crippen molar-refractivity contribution in [3.8, 4) is 0 Å². The van der Waals surface area contributed by atoms with Crippen molar-refractivity contribution in [1.29, 1.82) is 0 Å². The Bertz CT molecular complexity index is 277. The maximum Gasteiger partial charge on any atom is 0.0292 e. The van der Waals surface area contributed by atoms with Crippen LogP contribution >= 0.6 is 0 Å². The minimum absolute atomic E-state index is 0.392. The van der Waals surface area contributed by atoms with E-state index in [1.54, 1.807) is 0 Å². The van der Waals surface area contributed by atoms with Gasteiger partial charge in [-0.2, -0.15) is 0 Å². The zero-order chi connectivity index (χ0) is 11.3. The van der Waals surface area contributed by atoms with Crippen LogP contribution in [0.3, 0.4) is 0 Å². The SMILES string of the molecule is CCC(C)(C)CNC(C)c1ccccc1. The van der Waals surface area contributed by atoms with Gasteiger partial charge in [0, 0.05) is 12.6 Å². The minimum Gasteiger partial charge on any atom is -0.310 e. The Balaban J connectivity index is 2.47. The summed E-state index contributed by atoms with van der Waals surface area (Å²) in [5.41, 5.74) is 1.76. The monoisotopic (exact) mass is 205 g/mol. The largest absolute Gasteiger partial charge is 0.310 e. The Labute approximate surface area is 93.9 Å². The summed E-state index contributed by atoms with van der Waals surface area (Å²) in [5, 5.41) is 3.59. The first kappa shape index (κ1) is 12.3. The highest BCUT2D eigenvalue weighted by atomic mass is 14.9. The normalized spacial score (nSPS) is 13.9. The first-order chi connectivity index (χ1) is 7.05. The summed E-state index contributed by atoms with van der Waals surface area (Å²) in [6.07, 6.45) is 1.21. The van der Waals surface area contributed by atoms with Gasteiger partial charge in [0.2, 0.25) is 0 Å². The van der Waals surface area contributed by atoms with E-state index in [1.807, 2.05) is 0 Å². The molecular weight excluding hydrogens is 182 g/mol. The Morgan fingerprint density at radius 2 is 1.80 bits per heavy atom. The number of nitrogens with one attached hydrogen (secondary N) is 1. The molecule has 0 aromatic heterocycles. The summed E-state index contributed by atoms with van der Waals surface area (Å²) in [6, 6.07) is 11.0. The van der Waals surface area contributed by atoms with Gasteiger partial charge in [-0.25, -0.2) is 0 Å². The maximum absolute atomic E-state index is 3.59. The predicted octanol–water partition coefficient (Wildman–Crippen LogP) is 3.77. The van der Waals surface area contributed by atoms with Crippen LogP contribution in [0.15, 0.2) is 30.3 Å². The summed E-state index contributed by atoms with van der Waals surface area (Å²) in [5.74, 6) is 0. The van der Waals surface area contributed by atoms with Crippen LogP contribution in [-0.4, -0.2) is 6.54 Å². The summed E-state index contributed by atoms with van der Waals surface area (Å²) in [7, 11) is 0. The molecule has 1 N–H and O–H groups in total. The lowest BCUT2D eigenvalue weighted by atomic mass is 9.90. The zero-order valence-corrected chi connectivity index (χ0v) is 10.4. The lowest BCUT2D eigenvalue weighted by molar-refractivity contribution is 0.314. The van der Waals surface area contributed by atoms with Crippen molar-refractivity contribution >= 4 is 0 Å². The fraction of sp³-hybridized carbons (Fsp3) is 0.571. The number of benzene rings is 1. The summed E-state index contributed by atoms with van der Waals surface area (Å²) in [6.45, 7) is 10.1. The highest BCUT2D eigenvalue weighted by Crippen LogP contribution is 2.20. The first-order valence-electron chi connectivity index (χ1n) is 5.83. The van der Waals surface area contributed by atoms with Gasteiger partial charge in [0.1, 0.15) is 0 Å². The molecule has 84 valence electrons. The topological polar surface area (TPSA) is 12.0 Å². The molecule has 1 heteroatoms. The highest BCUT2D eigenvalue weighted by molar-refractivity contribution is 5.18. The van der Waals surface area contributed by atoms with E-state index in [-0.39, 0.29) is 0 Å². The molecule has 0 amide bonds. The molecule has 0 fully saturated rings. The van der Waals surface area contributed by atoms with E-state index in [1.165, 1.54) is 12.0 Å². The molecule has 1 atom stereocenters. The van der Waals surface area contributed by atoms with Crippen LogP contribution < -0.4 is 5.32 Å². The third-order valence-electron chi connectivity index (χ3n) is 3.14. The molecule has 1 nitrogen and oxygen atoms in total. The summed E-state index contributed by atoms with van der Waals surface area (Å²) < 4.78 is 0. The van der Waals surface area contributed by atoms with Crippen LogP contribution in [0.2, 0.25) is 0 Å². The molecule has 0 aliphatic carbocycles. The second-order valence-electron chi connectivity index (χ2n) is 5.03. The van der Waals surface area contributed by atoms with Crippen LogP contribution in [0.5, 0.6) is 0 Å². The maximum atomic E-state index is 3.59. The van der Waals surface area contributed by atoms with E-state index in [0.29, 0.717) is 11.5 Å². The lowest BCUT2D eigenvalue weighted by Crippen LogP contribution is -2.30. The van der Waals surface area contributed by atoms with Crippen molar-refractivity contribution in [2.24, 2.45) is 5.41 Å². The quantitative estimate of drug-likeness (QED) is 0.771. The Kier molecular flexibility index (Phi) is 4.34. The van der Waals surface area contributed by atoms with Gasteiger partial charge in [-0.1, -0.05) is 51.1 Å². The first-order valence-corrected chi connectivity index (χ1v) is 5.83. The Morgan fingerprint density at radius 3 is 2.33 bits per heavy atom. The third kappa shape index (κ3) is 4.05. The Hall–Kier alpha value is -0.820. The molecule has 1 aromatic rings. The van der Waals surface area contributed by atoms with Crippen LogP contribution in [0.4, 0.5) is 0 Å². The van der Waals surface area contributed by atoms with Crippen LogP contribution in [-0.2, 0) is 0 Å². The smallest absolute Gasteiger partial charge is 0.0292 e. The lowest BCUT2D eigenvalue weighted by Gasteiger charge is -2.25. The molecule has 0 aliphatic rings. The van der Waals surface area contributed by atoms with E-state index < -0.39 is 0 Å². The average molecular weight is 205 g/mol. The molecular formula is C14H23N. The fourth-order valence-corrected chi connectivity index (χ4v) is 1.41. The van der Waals surface area contributed by atoms with Crippen molar-refractivity contribution in [2.75, 3.05) is 6.54 Å². The standard InChI is InChI=1S/C14H23N/c1-5-14(3,4)11-15-12(2)13-9-7-6-8-10-13/h6-10,12,15H,5,11H2,1-4H3.